The van der Waals surface area contributed by atoms with Crippen LogP contribution >= 0.6 is 0 Å². The third-order valence-corrected chi connectivity index (χ3v) is 3.93. The number of carbonyl (C=O) groups excluding carboxylic acids is 1. The molecule has 2 rings (SSSR count). The van der Waals surface area contributed by atoms with E-state index in [0.717, 1.165) is 36.3 Å². The zero-order chi connectivity index (χ0) is 15.9. The van der Waals surface area contributed by atoms with E-state index in [1.807, 2.05) is 32.0 Å². The summed E-state index contributed by atoms with van der Waals surface area (Å²) in [5.74, 6) is 0.603. The smallest absolute Gasteiger partial charge is 0.224 e. The predicted octanol–water partition coefficient (Wildman–Crippen LogP) is 1.76. The van der Waals surface area contributed by atoms with Gasteiger partial charge in [-0.3, -0.25) is 4.79 Å². The van der Waals surface area contributed by atoms with Gasteiger partial charge in [0.05, 0.1) is 6.10 Å². The van der Waals surface area contributed by atoms with E-state index in [0.29, 0.717) is 19.7 Å². The molecule has 1 amide bonds. The van der Waals surface area contributed by atoms with E-state index >= 15 is 0 Å². The molecule has 1 heterocycles. The molecule has 0 spiro atoms. The van der Waals surface area contributed by atoms with Crippen molar-refractivity contribution in [1.29, 1.82) is 0 Å². The molecule has 1 fully saturated rings. The number of hydrogen-bond donors (Lipinski definition) is 2. The van der Waals surface area contributed by atoms with E-state index < -0.39 is 0 Å². The Balaban J connectivity index is 1.95. The lowest BCUT2D eigenvalue weighted by Gasteiger charge is -2.16. The molecule has 1 aliphatic heterocycles. The first kappa shape index (κ1) is 16.8. The lowest BCUT2D eigenvalue weighted by molar-refractivity contribution is -0.124. The number of benzene rings is 1. The van der Waals surface area contributed by atoms with Gasteiger partial charge in [0.1, 0.15) is 12.4 Å². The van der Waals surface area contributed by atoms with Crippen LogP contribution in [0.1, 0.15) is 30.9 Å². The summed E-state index contributed by atoms with van der Waals surface area (Å²) in [4.78, 5) is 11.8. The highest BCUT2D eigenvalue weighted by Crippen LogP contribution is 2.22. The molecule has 3 N–H and O–H groups in total. The molecule has 0 saturated carbocycles. The first-order valence-corrected chi connectivity index (χ1v) is 7.92. The second kappa shape index (κ2) is 8.15. The molecule has 5 nitrogen and oxygen atoms in total. The summed E-state index contributed by atoms with van der Waals surface area (Å²) < 4.78 is 11.5. The number of nitrogens with two attached hydrogens (primary N) is 1. The van der Waals surface area contributed by atoms with Crippen molar-refractivity contribution in [1.82, 2.24) is 5.32 Å². The number of rotatable bonds is 7. The fraction of sp³-hybridized carbons (Fsp3) is 0.588. The van der Waals surface area contributed by atoms with Crippen LogP contribution in [0.3, 0.4) is 0 Å². The van der Waals surface area contributed by atoms with Gasteiger partial charge in [0.15, 0.2) is 0 Å². The van der Waals surface area contributed by atoms with Gasteiger partial charge >= 0.3 is 0 Å². The van der Waals surface area contributed by atoms with E-state index in [-0.39, 0.29) is 17.9 Å². The highest BCUT2D eigenvalue weighted by Gasteiger charge is 2.17. The van der Waals surface area contributed by atoms with E-state index in [4.69, 9.17) is 15.2 Å². The number of hydrogen-bond acceptors (Lipinski definition) is 4. The fourth-order valence-corrected chi connectivity index (χ4v) is 2.36. The van der Waals surface area contributed by atoms with Crippen LogP contribution in [0.4, 0.5) is 0 Å². The Bertz CT molecular complexity index is 499. The van der Waals surface area contributed by atoms with Crippen molar-refractivity contribution in [3.05, 3.63) is 29.3 Å². The summed E-state index contributed by atoms with van der Waals surface area (Å²) in [7, 11) is 0. The van der Waals surface area contributed by atoms with Crippen molar-refractivity contribution in [2.75, 3.05) is 19.8 Å². The molecule has 22 heavy (non-hydrogen) atoms. The SMILES string of the molecule is Cc1ccc(CNC(=O)C(C)CN)c(OCC2CCCO2)c1. The van der Waals surface area contributed by atoms with Gasteiger partial charge in [-0.25, -0.2) is 0 Å². The summed E-state index contributed by atoms with van der Waals surface area (Å²) >= 11 is 0. The van der Waals surface area contributed by atoms with Crippen LogP contribution in [-0.2, 0) is 16.1 Å². The number of nitrogens with one attached hydrogen (secondary N) is 1. The Morgan fingerprint density at radius 2 is 2.36 bits per heavy atom. The van der Waals surface area contributed by atoms with Gasteiger partial charge in [-0.2, -0.15) is 0 Å². The predicted molar refractivity (Wildman–Crippen MR) is 85.7 cm³/mol. The summed E-state index contributed by atoms with van der Waals surface area (Å²) in [6, 6.07) is 6.02. The molecule has 1 aromatic rings. The normalized spacial score (nSPS) is 19.0. The van der Waals surface area contributed by atoms with Crippen molar-refractivity contribution in [2.24, 2.45) is 11.7 Å². The first-order chi connectivity index (χ1) is 10.6. The molecule has 1 aromatic carbocycles. The number of carbonyl (C=O) groups is 1. The molecule has 0 aliphatic carbocycles. The van der Waals surface area contributed by atoms with E-state index in [1.54, 1.807) is 0 Å². The van der Waals surface area contributed by atoms with Gasteiger partial charge in [0.2, 0.25) is 5.91 Å². The Morgan fingerprint density at radius 3 is 3.05 bits per heavy atom. The monoisotopic (exact) mass is 306 g/mol. The fourth-order valence-electron chi connectivity index (χ4n) is 2.36. The molecule has 122 valence electrons. The Morgan fingerprint density at radius 1 is 1.55 bits per heavy atom. The standard InChI is InChI=1S/C17H26N2O3/c1-12-5-6-14(10-19-17(20)13(2)9-18)16(8-12)22-11-15-4-3-7-21-15/h5-6,8,13,15H,3-4,7,9-11,18H2,1-2H3,(H,19,20). The van der Waals surface area contributed by atoms with Crippen molar-refractivity contribution < 1.29 is 14.3 Å². The maximum Gasteiger partial charge on any atom is 0.224 e. The topological polar surface area (TPSA) is 73.6 Å². The molecular weight excluding hydrogens is 280 g/mol. The van der Waals surface area contributed by atoms with E-state index in [9.17, 15) is 4.79 Å². The van der Waals surface area contributed by atoms with Crippen LogP contribution in [0.2, 0.25) is 0 Å². The van der Waals surface area contributed by atoms with Crippen LogP contribution in [0.25, 0.3) is 0 Å². The highest BCUT2D eigenvalue weighted by atomic mass is 16.5. The van der Waals surface area contributed by atoms with Crippen LogP contribution in [0.5, 0.6) is 5.75 Å². The summed E-state index contributed by atoms with van der Waals surface area (Å²) in [6.45, 7) is 6.02. The summed E-state index contributed by atoms with van der Waals surface area (Å²) in [5, 5.41) is 2.91. The van der Waals surface area contributed by atoms with Crippen molar-refractivity contribution in [3.63, 3.8) is 0 Å². The van der Waals surface area contributed by atoms with Crippen LogP contribution < -0.4 is 15.8 Å². The van der Waals surface area contributed by atoms with Crippen molar-refractivity contribution in [2.45, 2.75) is 39.3 Å². The molecule has 1 saturated heterocycles. The molecular formula is C17H26N2O3. The van der Waals surface area contributed by atoms with Crippen LogP contribution in [0, 0.1) is 12.8 Å². The molecule has 2 atom stereocenters. The van der Waals surface area contributed by atoms with Crippen LogP contribution in [-0.4, -0.2) is 31.8 Å². The second-order valence-electron chi connectivity index (χ2n) is 5.91. The largest absolute Gasteiger partial charge is 0.491 e. The van der Waals surface area contributed by atoms with Gasteiger partial charge in [0, 0.05) is 31.2 Å². The van der Waals surface area contributed by atoms with Crippen LogP contribution in [0.15, 0.2) is 18.2 Å². The lowest BCUT2D eigenvalue weighted by atomic mass is 10.1. The minimum atomic E-state index is -0.179. The second-order valence-corrected chi connectivity index (χ2v) is 5.91. The van der Waals surface area contributed by atoms with Gasteiger partial charge in [-0.15, -0.1) is 0 Å². The van der Waals surface area contributed by atoms with Crippen molar-refractivity contribution >= 4 is 5.91 Å². The zero-order valence-corrected chi connectivity index (χ0v) is 13.4. The molecule has 1 aliphatic rings. The third-order valence-electron chi connectivity index (χ3n) is 3.93. The molecule has 2 unspecified atom stereocenters. The minimum absolute atomic E-state index is 0.0341. The summed E-state index contributed by atoms with van der Waals surface area (Å²) in [5.41, 5.74) is 7.62. The number of aryl methyl sites for hydroxylation is 1. The Hall–Kier alpha value is -1.59. The average Bonchev–Trinajstić information content (AvgIpc) is 3.04. The van der Waals surface area contributed by atoms with Gasteiger partial charge in [0.25, 0.3) is 0 Å². The Kier molecular flexibility index (Phi) is 6.21. The van der Waals surface area contributed by atoms with Gasteiger partial charge in [-0.05, 0) is 31.4 Å². The summed E-state index contributed by atoms with van der Waals surface area (Å²) in [6.07, 6.45) is 2.33. The first-order valence-electron chi connectivity index (χ1n) is 7.92. The minimum Gasteiger partial charge on any atom is -0.491 e. The molecule has 0 radical (unpaired) electrons. The number of amides is 1. The van der Waals surface area contributed by atoms with Gasteiger partial charge in [-0.1, -0.05) is 19.1 Å². The highest BCUT2D eigenvalue weighted by molar-refractivity contribution is 5.78. The average molecular weight is 306 g/mol. The molecule has 5 heteroatoms. The van der Waals surface area contributed by atoms with E-state index in [1.165, 1.54) is 0 Å². The maximum absolute atomic E-state index is 11.8. The third kappa shape index (κ3) is 4.71. The van der Waals surface area contributed by atoms with Gasteiger partial charge < -0.3 is 20.5 Å². The quantitative estimate of drug-likeness (QED) is 0.805. The zero-order valence-electron chi connectivity index (χ0n) is 13.4. The van der Waals surface area contributed by atoms with E-state index in [2.05, 4.69) is 5.32 Å². The molecule has 0 aromatic heterocycles. The number of ether oxygens (including phenoxy) is 2. The molecule has 0 bridgehead atoms. The maximum atomic E-state index is 11.8. The Labute approximate surface area is 132 Å². The lowest BCUT2D eigenvalue weighted by Crippen LogP contribution is -2.32. The van der Waals surface area contributed by atoms with Crippen molar-refractivity contribution in [3.8, 4) is 5.75 Å².